The molecule has 0 aliphatic heterocycles. The van der Waals surface area contributed by atoms with Crippen LogP contribution in [0.1, 0.15) is 0 Å². The predicted octanol–water partition coefficient (Wildman–Crippen LogP) is -0.700. The van der Waals surface area contributed by atoms with Crippen molar-refractivity contribution in [3.63, 3.8) is 0 Å². The van der Waals surface area contributed by atoms with Gasteiger partial charge in [0.25, 0.3) is 0 Å². The van der Waals surface area contributed by atoms with Crippen molar-refractivity contribution in [2.75, 3.05) is 8.86 Å². The van der Waals surface area contributed by atoms with E-state index in [4.69, 9.17) is 10.2 Å². The average molecular weight is 402 g/mol. The molecule has 0 aliphatic carbocycles. The van der Waals surface area contributed by atoms with Crippen LogP contribution < -0.4 is 0 Å². The molecule has 0 spiro atoms. The molecule has 0 heterocycles. The summed E-state index contributed by atoms with van der Waals surface area (Å²) in [5.41, 5.74) is 0. The third-order valence-corrected chi connectivity index (χ3v) is 3.26. The summed E-state index contributed by atoms with van der Waals surface area (Å²) in [5, 5.41) is 36.7. The van der Waals surface area contributed by atoms with E-state index in [2.05, 4.69) is 0 Å². The molecule has 0 amide bonds. The smallest absolute Gasteiger partial charge is 0.109 e. The standard InChI is InChI=1S/C6H12I2O4/c7-1-3(9)5(11)6(12)4(10)2-8/h3-6,9-12H,1-2H2/t3-,4+,5+,6-. The SMILES string of the molecule is O[C@H]([C@H](O)[C@@H](O)CI)[C@H](O)CI. The van der Waals surface area contributed by atoms with Gasteiger partial charge in [0.2, 0.25) is 0 Å². The van der Waals surface area contributed by atoms with E-state index in [-0.39, 0.29) is 0 Å². The van der Waals surface area contributed by atoms with Crippen LogP contribution in [0.15, 0.2) is 0 Å². The molecule has 0 aromatic rings. The molecule has 0 saturated heterocycles. The van der Waals surface area contributed by atoms with E-state index in [1.165, 1.54) is 0 Å². The lowest BCUT2D eigenvalue weighted by atomic mass is 10.1. The summed E-state index contributed by atoms with van der Waals surface area (Å²) in [6.07, 6.45) is -4.52. The zero-order chi connectivity index (χ0) is 9.72. The van der Waals surface area contributed by atoms with Crippen LogP contribution in [0, 0.1) is 0 Å². The Hall–Kier alpha value is 1.30. The van der Waals surface area contributed by atoms with Crippen LogP contribution in [0.5, 0.6) is 0 Å². The second kappa shape index (κ2) is 6.71. The summed E-state index contributed by atoms with van der Waals surface area (Å²) in [7, 11) is 0. The summed E-state index contributed by atoms with van der Waals surface area (Å²) in [4.78, 5) is 0. The summed E-state index contributed by atoms with van der Waals surface area (Å²) in [6.45, 7) is 0. The Balaban J connectivity index is 3.99. The second-order valence-corrected chi connectivity index (χ2v) is 4.19. The van der Waals surface area contributed by atoms with Gasteiger partial charge in [0, 0.05) is 8.86 Å². The molecule has 0 aromatic carbocycles. The highest BCUT2D eigenvalue weighted by molar-refractivity contribution is 14.1. The normalized spacial score (nSPS) is 21.5. The number of aliphatic hydroxyl groups is 4. The topological polar surface area (TPSA) is 80.9 Å². The number of halogens is 2. The van der Waals surface area contributed by atoms with E-state index in [0.717, 1.165) is 0 Å². The number of hydrogen-bond donors (Lipinski definition) is 4. The molecule has 12 heavy (non-hydrogen) atoms. The third-order valence-electron chi connectivity index (χ3n) is 1.45. The van der Waals surface area contributed by atoms with Gasteiger partial charge < -0.3 is 20.4 Å². The van der Waals surface area contributed by atoms with Crippen molar-refractivity contribution in [1.82, 2.24) is 0 Å². The summed E-state index contributed by atoms with van der Waals surface area (Å²) in [6, 6.07) is 0. The molecule has 0 rings (SSSR count). The molecule has 74 valence electrons. The first-order chi connectivity index (χ1) is 5.54. The molecule has 4 nitrogen and oxygen atoms in total. The van der Waals surface area contributed by atoms with Gasteiger partial charge in [-0.3, -0.25) is 0 Å². The highest BCUT2D eigenvalue weighted by atomic mass is 127. The molecule has 4 atom stereocenters. The van der Waals surface area contributed by atoms with Crippen molar-refractivity contribution in [3.8, 4) is 0 Å². The molecule has 6 heteroatoms. The minimum atomic E-state index is -1.27. The predicted molar refractivity (Wildman–Crippen MR) is 61.8 cm³/mol. The Morgan fingerprint density at radius 2 is 1.00 bits per heavy atom. The number of rotatable bonds is 5. The average Bonchev–Trinajstić information content (AvgIpc) is 2.12. The van der Waals surface area contributed by atoms with Gasteiger partial charge in [-0.15, -0.1) is 0 Å². The van der Waals surface area contributed by atoms with E-state index in [0.29, 0.717) is 8.86 Å². The van der Waals surface area contributed by atoms with Crippen molar-refractivity contribution in [2.24, 2.45) is 0 Å². The minimum Gasteiger partial charge on any atom is -0.390 e. The van der Waals surface area contributed by atoms with Crippen molar-refractivity contribution < 1.29 is 20.4 Å². The maximum Gasteiger partial charge on any atom is 0.109 e. The fraction of sp³-hybridized carbons (Fsp3) is 1.00. The van der Waals surface area contributed by atoms with Crippen LogP contribution >= 0.6 is 45.2 Å². The highest BCUT2D eigenvalue weighted by Crippen LogP contribution is 2.08. The number of alkyl halides is 2. The van der Waals surface area contributed by atoms with Gasteiger partial charge in [0.15, 0.2) is 0 Å². The Morgan fingerprint density at radius 3 is 1.17 bits per heavy atom. The fourth-order valence-electron chi connectivity index (χ4n) is 0.638. The lowest BCUT2D eigenvalue weighted by molar-refractivity contribution is -0.0908. The van der Waals surface area contributed by atoms with Crippen molar-refractivity contribution >= 4 is 45.2 Å². The monoisotopic (exact) mass is 402 g/mol. The zero-order valence-electron chi connectivity index (χ0n) is 6.27. The maximum atomic E-state index is 9.22. The van der Waals surface area contributed by atoms with Gasteiger partial charge in [0.05, 0.1) is 12.2 Å². The van der Waals surface area contributed by atoms with Crippen LogP contribution in [0.3, 0.4) is 0 Å². The third kappa shape index (κ3) is 4.01. The van der Waals surface area contributed by atoms with Gasteiger partial charge in [-0.2, -0.15) is 0 Å². The molecule has 4 N–H and O–H groups in total. The van der Waals surface area contributed by atoms with Gasteiger partial charge in [-0.05, 0) is 0 Å². The minimum absolute atomic E-state index is 0.323. The molecular weight excluding hydrogens is 390 g/mol. The second-order valence-electron chi connectivity index (χ2n) is 2.42. The highest BCUT2D eigenvalue weighted by Gasteiger charge is 2.28. The Kier molecular flexibility index (Phi) is 7.44. The Labute approximate surface area is 98.3 Å². The molecule has 0 aromatic heterocycles. The lowest BCUT2D eigenvalue weighted by Gasteiger charge is -2.24. The van der Waals surface area contributed by atoms with E-state index < -0.39 is 24.4 Å². The molecule has 0 radical (unpaired) electrons. The van der Waals surface area contributed by atoms with E-state index >= 15 is 0 Å². The van der Waals surface area contributed by atoms with Crippen LogP contribution in [-0.2, 0) is 0 Å². The fourth-order valence-corrected chi connectivity index (χ4v) is 1.68. The van der Waals surface area contributed by atoms with E-state index in [9.17, 15) is 10.2 Å². The van der Waals surface area contributed by atoms with Crippen LogP contribution in [0.25, 0.3) is 0 Å². The van der Waals surface area contributed by atoms with E-state index in [1.807, 2.05) is 45.2 Å². The zero-order valence-corrected chi connectivity index (χ0v) is 10.6. The first-order valence-corrected chi connectivity index (χ1v) is 6.43. The number of aliphatic hydroxyl groups excluding tert-OH is 4. The molecule has 0 unspecified atom stereocenters. The quantitative estimate of drug-likeness (QED) is 0.363. The van der Waals surface area contributed by atoms with Gasteiger partial charge in [0.1, 0.15) is 12.2 Å². The first kappa shape index (κ1) is 13.3. The maximum absolute atomic E-state index is 9.22. The summed E-state index contributed by atoms with van der Waals surface area (Å²) < 4.78 is 0.647. The van der Waals surface area contributed by atoms with E-state index in [1.54, 1.807) is 0 Å². The summed E-state index contributed by atoms with van der Waals surface area (Å²) in [5.74, 6) is 0. The Morgan fingerprint density at radius 1 is 0.750 bits per heavy atom. The number of hydrogen-bond acceptors (Lipinski definition) is 4. The lowest BCUT2D eigenvalue weighted by Crippen LogP contribution is -2.45. The summed E-state index contributed by atoms with van der Waals surface area (Å²) >= 11 is 3.79. The molecular formula is C6H12I2O4. The van der Waals surface area contributed by atoms with Gasteiger partial charge in [-0.1, -0.05) is 45.2 Å². The van der Waals surface area contributed by atoms with Gasteiger partial charge in [-0.25, -0.2) is 0 Å². The first-order valence-electron chi connectivity index (χ1n) is 3.38. The Bertz CT molecular complexity index is 110. The molecule has 0 aliphatic rings. The largest absolute Gasteiger partial charge is 0.390 e. The van der Waals surface area contributed by atoms with Crippen molar-refractivity contribution in [2.45, 2.75) is 24.4 Å². The molecule has 0 bridgehead atoms. The van der Waals surface area contributed by atoms with Crippen molar-refractivity contribution in [1.29, 1.82) is 0 Å². The van der Waals surface area contributed by atoms with Crippen LogP contribution in [-0.4, -0.2) is 53.7 Å². The van der Waals surface area contributed by atoms with Crippen molar-refractivity contribution in [3.05, 3.63) is 0 Å². The van der Waals surface area contributed by atoms with Crippen LogP contribution in [0.4, 0.5) is 0 Å². The molecule has 0 fully saturated rings. The van der Waals surface area contributed by atoms with Crippen LogP contribution in [0.2, 0.25) is 0 Å². The molecule has 0 saturated carbocycles. The van der Waals surface area contributed by atoms with Gasteiger partial charge >= 0.3 is 0 Å².